The molecular formula is C27H31F4N3O7S. The highest BCUT2D eigenvalue weighted by Gasteiger charge is 2.51. The van der Waals surface area contributed by atoms with Crippen LogP contribution in [-0.4, -0.2) is 64.6 Å². The van der Waals surface area contributed by atoms with Gasteiger partial charge in [-0.15, -0.1) is 0 Å². The van der Waals surface area contributed by atoms with Crippen molar-refractivity contribution in [2.45, 2.75) is 55.9 Å². The average molecular weight is 618 g/mol. The van der Waals surface area contributed by atoms with Gasteiger partial charge in [-0.3, -0.25) is 14.4 Å². The summed E-state index contributed by atoms with van der Waals surface area (Å²) in [5.41, 5.74) is -2.88. The molecule has 2 amide bonds. The second-order valence-corrected chi connectivity index (χ2v) is 12.4. The van der Waals surface area contributed by atoms with Gasteiger partial charge in [0.25, 0.3) is 10.0 Å². The Balaban J connectivity index is 1.55. The highest BCUT2D eigenvalue weighted by Crippen LogP contribution is 2.39. The molecule has 0 bridgehead atoms. The van der Waals surface area contributed by atoms with Gasteiger partial charge in [0.05, 0.1) is 23.7 Å². The minimum absolute atomic E-state index is 0.0181. The van der Waals surface area contributed by atoms with E-state index in [0.717, 1.165) is 41.4 Å². The third-order valence-electron chi connectivity index (χ3n) is 6.91. The van der Waals surface area contributed by atoms with E-state index in [2.05, 4.69) is 15.4 Å². The monoisotopic (exact) mass is 617 g/mol. The molecule has 1 unspecified atom stereocenters. The van der Waals surface area contributed by atoms with Gasteiger partial charge in [0.1, 0.15) is 17.7 Å². The standard InChI is InChI=1S/C27H31F4N3O7S/c1-26(2,27(29,30)31)41-25(36)33-19-5-8-23-22(14-19)34(42(37,38)21-6-3-18(28)4-7-21)16-20(40-23)15-32-24(35)13-17-9-11-39-12-10-17/h3-8,14,17,20H,9-13,15-16H2,1-2H3,(H,32,35)(H,33,36). The van der Waals surface area contributed by atoms with E-state index in [1.807, 2.05) is 0 Å². The van der Waals surface area contributed by atoms with E-state index in [1.54, 1.807) is 0 Å². The minimum atomic E-state index is -4.83. The number of nitrogens with zero attached hydrogens (tertiary/aromatic N) is 1. The third kappa shape index (κ3) is 7.43. The predicted octanol–water partition coefficient (Wildman–Crippen LogP) is 4.60. The zero-order chi connectivity index (χ0) is 30.7. The van der Waals surface area contributed by atoms with Crippen LogP contribution in [0.5, 0.6) is 5.75 Å². The van der Waals surface area contributed by atoms with Crippen molar-refractivity contribution in [3.63, 3.8) is 0 Å². The van der Waals surface area contributed by atoms with Crippen LogP contribution in [0.1, 0.15) is 33.1 Å². The number of alkyl halides is 3. The van der Waals surface area contributed by atoms with Gasteiger partial charge >= 0.3 is 12.3 Å². The molecule has 2 N–H and O–H groups in total. The first kappa shape index (κ1) is 31.3. The third-order valence-corrected chi connectivity index (χ3v) is 8.71. The lowest BCUT2D eigenvalue weighted by molar-refractivity contribution is -0.242. The number of hydrogen-bond donors (Lipinski definition) is 2. The van der Waals surface area contributed by atoms with Gasteiger partial charge in [-0.2, -0.15) is 13.2 Å². The van der Waals surface area contributed by atoms with Crippen LogP contribution in [0.25, 0.3) is 0 Å². The van der Waals surface area contributed by atoms with Crippen molar-refractivity contribution in [2.75, 3.05) is 35.9 Å². The Morgan fingerprint density at radius 1 is 1.07 bits per heavy atom. The number of benzene rings is 2. The molecule has 42 heavy (non-hydrogen) atoms. The van der Waals surface area contributed by atoms with Gasteiger partial charge in [-0.1, -0.05) is 0 Å². The van der Waals surface area contributed by atoms with E-state index >= 15 is 0 Å². The lowest BCUT2D eigenvalue weighted by Gasteiger charge is -2.36. The number of carbonyl (C=O) groups is 2. The molecule has 2 aliphatic rings. The molecule has 2 aromatic carbocycles. The van der Waals surface area contributed by atoms with Gasteiger partial charge in [-0.25, -0.2) is 17.6 Å². The number of halogens is 4. The molecule has 1 fully saturated rings. The van der Waals surface area contributed by atoms with Gasteiger partial charge in [0, 0.05) is 25.3 Å². The van der Waals surface area contributed by atoms with Crippen LogP contribution in [0.2, 0.25) is 0 Å². The van der Waals surface area contributed by atoms with Crippen molar-refractivity contribution in [1.29, 1.82) is 0 Å². The highest BCUT2D eigenvalue weighted by molar-refractivity contribution is 7.92. The van der Waals surface area contributed by atoms with Gasteiger partial charge in [0.15, 0.2) is 0 Å². The molecule has 1 saturated heterocycles. The summed E-state index contributed by atoms with van der Waals surface area (Å²) < 4.78 is 97.0. The van der Waals surface area contributed by atoms with Crippen LogP contribution in [0.15, 0.2) is 47.4 Å². The number of rotatable bonds is 8. The molecule has 15 heteroatoms. The molecule has 0 spiro atoms. The largest absolute Gasteiger partial charge is 0.484 e. The number of anilines is 2. The van der Waals surface area contributed by atoms with Crippen LogP contribution in [-0.2, 0) is 24.3 Å². The van der Waals surface area contributed by atoms with Gasteiger partial charge in [-0.05, 0) is 75.1 Å². The minimum Gasteiger partial charge on any atom is -0.484 e. The second-order valence-electron chi connectivity index (χ2n) is 10.5. The number of hydrogen-bond acceptors (Lipinski definition) is 7. The van der Waals surface area contributed by atoms with Crippen molar-refractivity contribution in [3.05, 3.63) is 48.3 Å². The number of carbonyl (C=O) groups excluding carboxylic acids is 2. The molecule has 0 aliphatic carbocycles. The fourth-order valence-electron chi connectivity index (χ4n) is 4.40. The molecule has 0 saturated carbocycles. The molecule has 4 rings (SSSR count). The van der Waals surface area contributed by atoms with E-state index in [9.17, 15) is 35.6 Å². The Labute approximate surface area is 240 Å². The van der Waals surface area contributed by atoms with Crippen LogP contribution in [0.4, 0.5) is 33.7 Å². The smallest absolute Gasteiger partial charge is 0.427 e. The van der Waals surface area contributed by atoms with Crippen LogP contribution < -0.4 is 19.7 Å². The van der Waals surface area contributed by atoms with E-state index < -0.39 is 39.8 Å². The average Bonchev–Trinajstić information content (AvgIpc) is 2.91. The number of fused-ring (bicyclic) bond motifs is 1. The first-order chi connectivity index (χ1) is 19.7. The Hall–Kier alpha value is -3.59. The Morgan fingerprint density at radius 3 is 2.38 bits per heavy atom. The maximum Gasteiger partial charge on any atom is 0.427 e. The summed E-state index contributed by atoms with van der Waals surface area (Å²) in [6.07, 6.45) is -5.23. The topological polar surface area (TPSA) is 123 Å². The summed E-state index contributed by atoms with van der Waals surface area (Å²) in [5.74, 6) is -0.608. The van der Waals surface area contributed by atoms with Crippen molar-refractivity contribution in [3.8, 4) is 5.75 Å². The Morgan fingerprint density at radius 2 is 1.74 bits per heavy atom. The van der Waals surface area contributed by atoms with Crippen molar-refractivity contribution in [2.24, 2.45) is 5.92 Å². The first-order valence-corrected chi connectivity index (χ1v) is 14.6. The Kier molecular flexibility index (Phi) is 9.21. The number of ether oxygens (including phenoxy) is 3. The summed E-state index contributed by atoms with van der Waals surface area (Å²) >= 11 is 0. The van der Waals surface area contributed by atoms with E-state index in [1.165, 1.54) is 18.2 Å². The predicted molar refractivity (Wildman–Crippen MR) is 143 cm³/mol. The molecule has 0 aromatic heterocycles. The van der Waals surface area contributed by atoms with E-state index in [0.29, 0.717) is 33.5 Å². The van der Waals surface area contributed by atoms with Gasteiger partial charge < -0.3 is 19.5 Å². The van der Waals surface area contributed by atoms with Crippen LogP contribution in [0.3, 0.4) is 0 Å². The fraction of sp³-hybridized carbons (Fsp3) is 0.481. The maximum absolute atomic E-state index is 13.7. The number of nitrogens with one attached hydrogen (secondary N) is 2. The quantitative estimate of drug-likeness (QED) is 0.415. The lowest BCUT2D eigenvalue weighted by Crippen LogP contribution is -2.48. The first-order valence-electron chi connectivity index (χ1n) is 13.2. The molecular weight excluding hydrogens is 586 g/mol. The molecule has 2 heterocycles. The van der Waals surface area contributed by atoms with Crippen molar-refractivity contribution >= 4 is 33.4 Å². The zero-order valence-electron chi connectivity index (χ0n) is 22.9. The summed E-state index contributed by atoms with van der Waals surface area (Å²) in [6, 6.07) is 7.99. The van der Waals surface area contributed by atoms with Crippen LogP contribution >= 0.6 is 0 Å². The van der Waals surface area contributed by atoms with Crippen molar-refractivity contribution < 1.29 is 49.8 Å². The summed E-state index contributed by atoms with van der Waals surface area (Å²) in [7, 11) is -4.31. The molecule has 2 aromatic rings. The maximum atomic E-state index is 13.7. The number of sulfonamides is 1. The molecule has 2 aliphatic heterocycles. The zero-order valence-corrected chi connectivity index (χ0v) is 23.7. The highest BCUT2D eigenvalue weighted by atomic mass is 32.2. The normalized spacial score (nSPS) is 18.0. The summed E-state index contributed by atoms with van der Waals surface area (Å²) in [5, 5.41) is 4.96. The molecule has 10 nitrogen and oxygen atoms in total. The molecule has 1 atom stereocenters. The Bertz CT molecular complexity index is 1400. The summed E-state index contributed by atoms with van der Waals surface area (Å²) in [4.78, 5) is 24.5. The van der Waals surface area contributed by atoms with Gasteiger partial charge in [0.2, 0.25) is 11.5 Å². The SMILES string of the molecule is CC(C)(OC(=O)Nc1ccc2c(c1)N(S(=O)(=O)c1ccc(F)cc1)CC(CNC(=O)CC1CCOCC1)O2)C(F)(F)F. The van der Waals surface area contributed by atoms with E-state index in [4.69, 9.17) is 9.47 Å². The lowest BCUT2D eigenvalue weighted by atomic mass is 9.96. The second kappa shape index (κ2) is 12.3. The van der Waals surface area contributed by atoms with Crippen molar-refractivity contribution in [1.82, 2.24) is 5.32 Å². The molecule has 230 valence electrons. The number of amides is 2. The fourth-order valence-corrected chi connectivity index (χ4v) is 5.90. The van der Waals surface area contributed by atoms with Crippen LogP contribution in [0, 0.1) is 11.7 Å². The molecule has 0 radical (unpaired) electrons. The summed E-state index contributed by atoms with van der Waals surface area (Å²) in [6.45, 7) is 2.27. The van der Waals surface area contributed by atoms with E-state index in [-0.39, 0.29) is 46.9 Å².